The molecular weight excluding hydrogens is 296 g/mol. The second-order valence-electron chi connectivity index (χ2n) is 10.2. The molecule has 1 spiro atoms. The van der Waals surface area contributed by atoms with Crippen molar-refractivity contribution in [1.29, 1.82) is 0 Å². The molecule has 1 unspecified atom stereocenters. The Kier molecular flexibility index (Phi) is 3.37. The van der Waals surface area contributed by atoms with E-state index in [1.165, 1.54) is 44.9 Å². The average molecular weight is 331 g/mol. The number of hydrogen-bond acceptors (Lipinski definition) is 2. The molecule has 0 bridgehead atoms. The van der Waals surface area contributed by atoms with Gasteiger partial charge < -0.3 is 9.84 Å². The van der Waals surface area contributed by atoms with Gasteiger partial charge in [0.15, 0.2) is 0 Å². The first-order chi connectivity index (χ1) is 11.5. The lowest BCUT2D eigenvalue weighted by Gasteiger charge is -2.61. The van der Waals surface area contributed by atoms with E-state index in [0.29, 0.717) is 10.8 Å². The molecular formula is C22H34O2. The third kappa shape index (κ3) is 1.85. The monoisotopic (exact) mass is 330 g/mol. The third-order valence-corrected chi connectivity index (χ3v) is 9.65. The van der Waals surface area contributed by atoms with Crippen LogP contribution in [0.1, 0.15) is 71.6 Å². The summed E-state index contributed by atoms with van der Waals surface area (Å²) in [5.41, 5.74) is 0.910. The maximum Gasteiger partial charge on any atom is 0.0923 e. The van der Waals surface area contributed by atoms with Gasteiger partial charge in [0.05, 0.1) is 18.3 Å². The number of hydrogen-bond donors (Lipinski definition) is 1. The van der Waals surface area contributed by atoms with Crippen LogP contribution in [0.15, 0.2) is 12.2 Å². The lowest BCUT2D eigenvalue weighted by atomic mass is 9.44. The number of ether oxygens (including phenoxy) is 1. The van der Waals surface area contributed by atoms with Crippen LogP contribution in [0.4, 0.5) is 0 Å². The number of fused-ring (bicyclic) bond motifs is 6. The molecule has 1 heterocycles. The molecule has 2 heteroatoms. The zero-order valence-electron chi connectivity index (χ0n) is 15.5. The van der Waals surface area contributed by atoms with Gasteiger partial charge in [-0.2, -0.15) is 0 Å². The summed E-state index contributed by atoms with van der Waals surface area (Å²) in [4.78, 5) is 0. The quantitative estimate of drug-likeness (QED) is 0.652. The van der Waals surface area contributed by atoms with Gasteiger partial charge in [0.25, 0.3) is 0 Å². The topological polar surface area (TPSA) is 29.5 Å². The van der Waals surface area contributed by atoms with Crippen LogP contribution in [0, 0.1) is 34.5 Å². The molecule has 4 aliphatic carbocycles. The molecule has 24 heavy (non-hydrogen) atoms. The van der Waals surface area contributed by atoms with Crippen LogP contribution in [0.2, 0.25) is 0 Å². The second kappa shape index (κ2) is 5.10. The number of rotatable bonds is 0. The van der Waals surface area contributed by atoms with E-state index in [1.807, 2.05) is 0 Å². The molecule has 0 radical (unpaired) electrons. The molecule has 0 aromatic rings. The smallest absolute Gasteiger partial charge is 0.0923 e. The van der Waals surface area contributed by atoms with Crippen molar-refractivity contribution in [2.24, 2.45) is 34.5 Å². The summed E-state index contributed by atoms with van der Waals surface area (Å²) in [6, 6.07) is 0. The SMILES string of the molecule is C[C@]12CC[C@H](O)C[C@@H]1CC[C@@H]1[C@@H]2CC[C@@]2(C)[C@H]1CCC21C=CCO1. The maximum atomic E-state index is 10.2. The van der Waals surface area contributed by atoms with Gasteiger partial charge in [0.2, 0.25) is 0 Å². The van der Waals surface area contributed by atoms with Crippen molar-refractivity contribution in [2.45, 2.75) is 83.3 Å². The average Bonchev–Trinajstić information content (AvgIpc) is 3.15. The first kappa shape index (κ1) is 15.9. The van der Waals surface area contributed by atoms with E-state index >= 15 is 0 Å². The van der Waals surface area contributed by atoms with Crippen molar-refractivity contribution < 1.29 is 9.84 Å². The van der Waals surface area contributed by atoms with Gasteiger partial charge in [-0.15, -0.1) is 0 Å². The fourth-order valence-electron chi connectivity index (χ4n) is 8.26. The zero-order chi connectivity index (χ0) is 16.6. The van der Waals surface area contributed by atoms with E-state index < -0.39 is 0 Å². The summed E-state index contributed by atoms with van der Waals surface area (Å²) < 4.78 is 6.36. The summed E-state index contributed by atoms with van der Waals surface area (Å²) in [6.07, 6.45) is 16.1. The maximum absolute atomic E-state index is 10.2. The van der Waals surface area contributed by atoms with E-state index in [4.69, 9.17) is 4.74 Å². The van der Waals surface area contributed by atoms with Crippen molar-refractivity contribution in [2.75, 3.05) is 6.61 Å². The Balaban J connectivity index is 1.46. The molecule has 0 saturated heterocycles. The van der Waals surface area contributed by atoms with E-state index in [1.54, 1.807) is 0 Å². The van der Waals surface area contributed by atoms with Crippen molar-refractivity contribution in [3.05, 3.63) is 12.2 Å². The number of aliphatic hydroxyl groups excluding tert-OH is 1. The van der Waals surface area contributed by atoms with Gasteiger partial charge in [-0.05, 0) is 86.9 Å². The summed E-state index contributed by atoms with van der Waals surface area (Å²) in [5, 5.41) is 10.2. The molecule has 1 N–H and O–H groups in total. The van der Waals surface area contributed by atoms with Crippen molar-refractivity contribution >= 4 is 0 Å². The second-order valence-corrected chi connectivity index (χ2v) is 10.2. The fraction of sp³-hybridized carbons (Fsp3) is 0.909. The fourth-order valence-corrected chi connectivity index (χ4v) is 8.26. The highest BCUT2D eigenvalue weighted by molar-refractivity contribution is 5.23. The van der Waals surface area contributed by atoms with Crippen LogP contribution in [0.3, 0.4) is 0 Å². The highest BCUT2D eigenvalue weighted by Gasteiger charge is 2.65. The minimum atomic E-state index is -0.0275. The highest BCUT2D eigenvalue weighted by Crippen LogP contribution is 2.69. The lowest BCUT2D eigenvalue weighted by Crippen LogP contribution is -2.56. The van der Waals surface area contributed by atoms with Crippen LogP contribution >= 0.6 is 0 Å². The summed E-state index contributed by atoms with van der Waals surface area (Å²) in [7, 11) is 0. The predicted octanol–water partition coefficient (Wildman–Crippen LogP) is 4.72. The summed E-state index contributed by atoms with van der Waals surface area (Å²) >= 11 is 0. The predicted molar refractivity (Wildman–Crippen MR) is 95.6 cm³/mol. The van der Waals surface area contributed by atoms with Gasteiger partial charge in [-0.1, -0.05) is 26.0 Å². The van der Waals surface area contributed by atoms with Gasteiger partial charge in [-0.3, -0.25) is 0 Å². The highest BCUT2D eigenvalue weighted by atomic mass is 16.5. The number of aliphatic hydroxyl groups is 1. The van der Waals surface area contributed by atoms with Crippen LogP contribution < -0.4 is 0 Å². The Hall–Kier alpha value is -0.340. The molecule has 8 atom stereocenters. The van der Waals surface area contributed by atoms with Crippen molar-refractivity contribution in [3.63, 3.8) is 0 Å². The Morgan fingerprint density at radius 1 is 0.958 bits per heavy atom. The van der Waals surface area contributed by atoms with Crippen LogP contribution in [-0.4, -0.2) is 23.4 Å². The molecule has 5 aliphatic rings. The Morgan fingerprint density at radius 2 is 1.79 bits per heavy atom. The Bertz CT molecular complexity index is 556. The van der Waals surface area contributed by atoms with E-state index in [9.17, 15) is 5.11 Å². The Morgan fingerprint density at radius 3 is 2.58 bits per heavy atom. The van der Waals surface area contributed by atoms with Gasteiger partial charge >= 0.3 is 0 Å². The minimum absolute atomic E-state index is 0.0275. The molecule has 4 fully saturated rings. The standard InChI is InChI=1S/C22H34O2/c1-20-10-6-16(23)14-15(20)4-5-17-18(20)7-11-21(2)19(17)8-12-22(21)9-3-13-24-22/h3,9,15-19,23H,4-8,10-14H2,1-2H3/t15-,16-,17+,18-,19-,20-,21-,22?/m0/s1. The zero-order valence-corrected chi connectivity index (χ0v) is 15.5. The first-order valence-electron chi connectivity index (χ1n) is 10.5. The van der Waals surface area contributed by atoms with Crippen molar-refractivity contribution in [3.8, 4) is 0 Å². The molecule has 0 aromatic carbocycles. The summed E-state index contributed by atoms with van der Waals surface area (Å²) in [6.45, 7) is 5.96. The molecule has 4 saturated carbocycles. The minimum Gasteiger partial charge on any atom is -0.393 e. The van der Waals surface area contributed by atoms with Crippen molar-refractivity contribution in [1.82, 2.24) is 0 Å². The van der Waals surface area contributed by atoms with Crippen LogP contribution in [0.5, 0.6) is 0 Å². The van der Waals surface area contributed by atoms with Gasteiger partial charge in [0.1, 0.15) is 0 Å². The summed E-state index contributed by atoms with van der Waals surface area (Å²) in [5.74, 6) is 3.41. The van der Waals surface area contributed by atoms with E-state index in [-0.39, 0.29) is 11.7 Å². The normalized spacial score (nSPS) is 59.2. The van der Waals surface area contributed by atoms with Crippen LogP contribution in [0.25, 0.3) is 0 Å². The largest absolute Gasteiger partial charge is 0.393 e. The lowest BCUT2D eigenvalue weighted by molar-refractivity contribution is -0.153. The molecule has 0 amide bonds. The van der Waals surface area contributed by atoms with E-state index in [0.717, 1.165) is 43.1 Å². The Labute approximate surface area is 147 Å². The molecule has 2 nitrogen and oxygen atoms in total. The van der Waals surface area contributed by atoms with Gasteiger partial charge in [-0.25, -0.2) is 0 Å². The molecule has 1 aliphatic heterocycles. The third-order valence-electron chi connectivity index (χ3n) is 9.65. The van der Waals surface area contributed by atoms with Gasteiger partial charge in [0, 0.05) is 5.41 Å². The van der Waals surface area contributed by atoms with E-state index in [2.05, 4.69) is 26.0 Å². The van der Waals surface area contributed by atoms with Crippen LogP contribution in [-0.2, 0) is 4.74 Å². The molecule has 0 aromatic heterocycles. The molecule has 5 rings (SSSR count). The molecule has 134 valence electrons. The first-order valence-corrected chi connectivity index (χ1v) is 10.5.